The van der Waals surface area contributed by atoms with Crippen LogP contribution in [0.4, 0.5) is 5.69 Å². The maximum atomic E-state index is 12.5. The molecule has 2 aromatic rings. The molecule has 0 bridgehead atoms. The van der Waals surface area contributed by atoms with Crippen LogP contribution < -0.4 is 9.47 Å². The highest BCUT2D eigenvalue weighted by molar-refractivity contribution is 5.93. The summed E-state index contributed by atoms with van der Waals surface area (Å²) in [6, 6.07) is 9.62. The van der Waals surface area contributed by atoms with Crippen molar-refractivity contribution in [3.63, 3.8) is 0 Å². The number of esters is 1. The van der Waals surface area contributed by atoms with E-state index in [4.69, 9.17) is 14.2 Å². The van der Waals surface area contributed by atoms with Crippen LogP contribution >= 0.6 is 0 Å². The maximum absolute atomic E-state index is 12.5. The largest absolute Gasteiger partial charge is 0.486 e. The summed E-state index contributed by atoms with van der Waals surface area (Å²) in [7, 11) is 0. The minimum Gasteiger partial charge on any atom is -0.486 e. The minimum absolute atomic E-state index is 0.0619. The molecule has 0 radical (unpaired) electrons. The second-order valence-electron chi connectivity index (χ2n) is 6.67. The minimum atomic E-state index is -0.778. The van der Waals surface area contributed by atoms with E-state index in [-0.39, 0.29) is 22.7 Å². The molecule has 0 spiro atoms. The van der Waals surface area contributed by atoms with Crippen molar-refractivity contribution in [3.8, 4) is 11.5 Å². The highest BCUT2D eigenvalue weighted by Crippen LogP contribution is 2.31. The second-order valence-corrected chi connectivity index (χ2v) is 6.67. The molecular formula is C21H22N2O7. The predicted molar refractivity (Wildman–Crippen MR) is 107 cm³/mol. The number of ether oxygens (including phenoxy) is 3. The van der Waals surface area contributed by atoms with Crippen molar-refractivity contribution in [3.05, 3.63) is 63.2 Å². The van der Waals surface area contributed by atoms with Crippen molar-refractivity contribution >= 4 is 17.6 Å². The zero-order valence-electron chi connectivity index (χ0n) is 16.8. The van der Waals surface area contributed by atoms with Crippen LogP contribution in [-0.2, 0) is 16.1 Å². The van der Waals surface area contributed by atoms with Crippen LogP contribution in [0.25, 0.3) is 0 Å². The van der Waals surface area contributed by atoms with E-state index in [1.807, 2.05) is 19.1 Å². The molecule has 0 atom stereocenters. The van der Waals surface area contributed by atoms with Gasteiger partial charge in [0.25, 0.3) is 11.6 Å². The number of likely N-dealkylation sites (N-methyl/N-ethyl adjacent to an activating group) is 1. The normalized spacial score (nSPS) is 12.2. The Bertz CT molecular complexity index is 974. The first kappa shape index (κ1) is 21.1. The summed E-state index contributed by atoms with van der Waals surface area (Å²) in [4.78, 5) is 36.9. The van der Waals surface area contributed by atoms with Crippen molar-refractivity contribution in [1.82, 2.24) is 4.90 Å². The zero-order chi connectivity index (χ0) is 21.7. The first-order valence-corrected chi connectivity index (χ1v) is 9.48. The fraction of sp³-hybridized carbons (Fsp3) is 0.333. The molecule has 9 heteroatoms. The van der Waals surface area contributed by atoms with Gasteiger partial charge in [-0.25, -0.2) is 4.79 Å². The monoisotopic (exact) mass is 414 g/mol. The van der Waals surface area contributed by atoms with Crippen molar-refractivity contribution < 1.29 is 28.7 Å². The first-order chi connectivity index (χ1) is 14.4. The molecular weight excluding hydrogens is 392 g/mol. The Morgan fingerprint density at radius 3 is 2.60 bits per heavy atom. The summed E-state index contributed by atoms with van der Waals surface area (Å²) >= 11 is 0. The smallest absolute Gasteiger partial charge is 0.339 e. The van der Waals surface area contributed by atoms with Gasteiger partial charge in [-0.3, -0.25) is 14.9 Å². The van der Waals surface area contributed by atoms with Gasteiger partial charge in [0.15, 0.2) is 18.1 Å². The van der Waals surface area contributed by atoms with E-state index >= 15 is 0 Å². The Hall–Kier alpha value is -3.62. The van der Waals surface area contributed by atoms with Crippen LogP contribution in [0.3, 0.4) is 0 Å². The molecule has 3 rings (SSSR count). The highest BCUT2D eigenvalue weighted by atomic mass is 16.6. The molecule has 30 heavy (non-hydrogen) atoms. The Balaban J connectivity index is 1.62. The lowest BCUT2D eigenvalue weighted by molar-refractivity contribution is -0.385. The average molecular weight is 414 g/mol. The summed E-state index contributed by atoms with van der Waals surface area (Å²) < 4.78 is 16.2. The molecule has 9 nitrogen and oxygen atoms in total. The molecule has 0 aliphatic carbocycles. The third-order valence-corrected chi connectivity index (χ3v) is 4.76. The van der Waals surface area contributed by atoms with Gasteiger partial charge in [-0.15, -0.1) is 0 Å². The summed E-state index contributed by atoms with van der Waals surface area (Å²) in [5.41, 5.74) is 0.940. The summed E-state index contributed by atoms with van der Waals surface area (Å²) in [5, 5.41) is 11.0. The van der Waals surface area contributed by atoms with Crippen LogP contribution in [0.2, 0.25) is 0 Å². The number of nitro benzene ring substituents is 1. The number of nitrogens with zero attached hydrogens (tertiary/aromatic N) is 2. The van der Waals surface area contributed by atoms with Crippen molar-refractivity contribution in [2.45, 2.75) is 20.4 Å². The molecule has 0 saturated heterocycles. The van der Waals surface area contributed by atoms with E-state index in [1.54, 1.807) is 11.0 Å². The molecule has 1 heterocycles. The Labute approximate surface area is 173 Å². The van der Waals surface area contributed by atoms with Gasteiger partial charge >= 0.3 is 5.97 Å². The number of nitro groups is 1. The van der Waals surface area contributed by atoms with Gasteiger partial charge in [0.05, 0.1) is 10.5 Å². The number of rotatable bonds is 7. The molecule has 1 aliphatic rings. The number of fused-ring (bicyclic) bond motifs is 1. The molecule has 2 aromatic carbocycles. The number of carbonyl (C=O) groups is 2. The highest BCUT2D eigenvalue weighted by Gasteiger charge is 2.21. The molecule has 0 N–H and O–H groups in total. The van der Waals surface area contributed by atoms with E-state index in [0.29, 0.717) is 37.8 Å². The van der Waals surface area contributed by atoms with Crippen LogP contribution in [0.15, 0.2) is 36.4 Å². The summed E-state index contributed by atoms with van der Waals surface area (Å²) in [6.45, 7) is 4.54. The number of amides is 1. The van der Waals surface area contributed by atoms with Gasteiger partial charge in [-0.05, 0) is 37.6 Å². The zero-order valence-corrected chi connectivity index (χ0v) is 16.8. The van der Waals surface area contributed by atoms with Gasteiger partial charge in [-0.2, -0.15) is 0 Å². The second kappa shape index (κ2) is 9.25. The number of hydrogen-bond donors (Lipinski definition) is 0. The van der Waals surface area contributed by atoms with Crippen molar-refractivity contribution in [2.24, 2.45) is 0 Å². The van der Waals surface area contributed by atoms with Crippen molar-refractivity contribution in [1.29, 1.82) is 0 Å². The lowest BCUT2D eigenvalue weighted by atomic mass is 10.1. The lowest BCUT2D eigenvalue weighted by Gasteiger charge is -2.23. The van der Waals surface area contributed by atoms with E-state index in [2.05, 4.69) is 0 Å². The third-order valence-electron chi connectivity index (χ3n) is 4.76. The molecule has 1 aliphatic heterocycles. The molecule has 158 valence electrons. The van der Waals surface area contributed by atoms with Crippen molar-refractivity contribution in [2.75, 3.05) is 26.4 Å². The Morgan fingerprint density at radius 1 is 1.17 bits per heavy atom. The Kier molecular flexibility index (Phi) is 6.51. The van der Waals surface area contributed by atoms with E-state index in [1.165, 1.54) is 25.1 Å². The standard InChI is InChI=1S/C21H22N2O7/c1-3-22(12-15-7-8-18-19(11-15)29-10-9-28-18)20(24)13-30-21(25)16-5-4-6-17(14(16)2)23(26)27/h4-8,11H,3,9-10,12-13H2,1-2H3. The third kappa shape index (κ3) is 4.68. The Morgan fingerprint density at radius 2 is 1.90 bits per heavy atom. The van der Waals surface area contributed by atoms with E-state index in [0.717, 1.165) is 5.56 Å². The molecule has 1 amide bonds. The predicted octanol–water partition coefficient (Wildman–Crippen LogP) is 2.88. The molecule has 0 saturated carbocycles. The van der Waals surface area contributed by atoms with Gasteiger partial charge in [0, 0.05) is 24.7 Å². The van der Waals surface area contributed by atoms with Crippen LogP contribution in [0.5, 0.6) is 11.5 Å². The fourth-order valence-corrected chi connectivity index (χ4v) is 3.12. The number of benzene rings is 2. The quantitative estimate of drug-likeness (QED) is 0.389. The van der Waals surface area contributed by atoms with Gasteiger partial charge in [0.2, 0.25) is 0 Å². The number of hydrogen-bond acceptors (Lipinski definition) is 7. The van der Waals surface area contributed by atoms with E-state index < -0.39 is 17.5 Å². The molecule has 0 unspecified atom stereocenters. The average Bonchev–Trinajstić information content (AvgIpc) is 2.75. The first-order valence-electron chi connectivity index (χ1n) is 9.48. The van der Waals surface area contributed by atoms with Crippen LogP contribution in [0.1, 0.15) is 28.4 Å². The van der Waals surface area contributed by atoms with Gasteiger partial charge in [0.1, 0.15) is 13.2 Å². The summed E-state index contributed by atoms with van der Waals surface area (Å²) in [5.74, 6) is 0.152. The van der Waals surface area contributed by atoms with Crippen LogP contribution in [-0.4, -0.2) is 48.1 Å². The van der Waals surface area contributed by atoms with Crippen LogP contribution in [0, 0.1) is 17.0 Å². The molecule has 0 aromatic heterocycles. The lowest BCUT2D eigenvalue weighted by Crippen LogP contribution is -2.34. The molecule has 0 fully saturated rings. The number of carbonyl (C=O) groups excluding carboxylic acids is 2. The maximum Gasteiger partial charge on any atom is 0.339 e. The summed E-state index contributed by atoms with van der Waals surface area (Å²) in [6.07, 6.45) is 0. The topological polar surface area (TPSA) is 108 Å². The fourth-order valence-electron chi connectivity index (χ4n) is 3.12. The van der Waals surface area contributed by atoms with E-state index in [9.17, 15) is 19.7 Å². The van der Waals surface area contributed by atoms with Gasteiger partial charge in [-0.1, -0.05) is 12.1 Å². The van der Waals surface area contributed by atoms with Gasteiger partial charge < -0.3 is 19.1 Å². The SMILES string of the molecule is CCN(Cc1ccc2c(c1)OCCO2)C(=O)COC(=O)c1cccc([N+](=O)[O-])c1C.